The van der Waals surface area contributed by atoms with Gasteiger partial charge < -0.3 is 25.0 Å². The number of carbonyl (C=O) groups is 1. The minimum absolute atomic E-state index is 0.313. The number of hydrogen-bond acceptors (Lipinski definition) is 4. The number of urea groups is 1. The average Bonchev–Trinajstić information content (AvgIpc) is 2.67. The molecule has 2 amide bonds. The molecule has 1 aliphatic rings. The largest absolute Gasteiger partial charge is 0.492 e. The van der Waals surface area contributed by atoms with Crippen LogP contribution in [0.2, 0.25) is 10.0 Å². The number of amides is 2. The Hall–Kier alpha value is -2.15. The van der Waals surface area contributed by atoms with Crippen LogP contribution in [-0.2, 0) is 4.74 Å². The standard InChI is InChI=1S/C19H21Cl2N3O3/c20-14-1-4-16(5-2-14)27-10-7-22-19(25)23-17-13-15(21)3-6-18(17)24-8-11-26-12-9-24/h1-6,13H,7-12H2,(H2,22,23,25). The molecule has 0 aromatic heterocycles. The Morgan fingerprint density at radius 2 is 1.78 bits per heavy atom. The van der Waals surface area contributed by atoms with Gasteiger partial charge in [-0.3, -0.25) is 0 Å². The summed E-state index contributed by atoms with van der Waals surface area (Å²) in [6.45, 7) is 3.58. The monoisotopic (exact) mass is 409 g/mol. The Labute approximate surface area is 168 Å². The minimum atomic E-state index is -0.313. The topological polar surface area (TPSA) is 62.8 Å². The van der Waals surface area contributed by atoms with Crippen LogP contribution in [0.5, 0.6) is 5.75 Å². The third-order valence-corrected chi connectivity index (χ3v) is 4.52. The van der Waals surface area contributed by atoms with Gasteiger partial charge in [0, 0.05) is 23.1 Å². The first-order chi connectivity index (χ1) is 13.1. The number of benzene rings is 2. The molecule has 0 aliphatic carbocycles. The highest BCUT2D eigenvalue weighted by Gasteiger charge is 2.16. The van der Waals surface area contributed by atoms with Crippen molar-refractivity contribution in [1.82, 2.24) is 5.32 Å². The number of ether oxygens (including phenoxy) is 2. The maximum Gasteiger partial charge on any atom is 0.319 e. The number of carbonyl (C=O) groups excluding carboxylic acids is 1. The second-order valence-electron chi connectivity index (χ2n) is 5.94. The second-order valence-corrected chi connectivity index (χ2v) is 6.82. The van der Waals surface area contributed by atoms with Gasteiger partial charge in [0.1, 0.15) is 12.4 Å². The van der Waals surface area contributed by atoms with E-state index in [0.29, 0.717) is 47.8 Å². The zero-order valence-corrected chi connectivity index (χ0v) is 16.2. The van der Waals surface area contributed by atoms with E-state index in [1.165, 1.54) is 0 Å². The third-order valence-electron chi connectivity index (χ3n) is 4.03. The van der Waals surface area contributed by atoms with E-state index in [4.69, 9.17) is 32.7 Å². The van der Waals surface area contributed by atoms with Crippen LogP contribution in [-0.4, -0.2) is 45.5 Å². The van der Waals surface area contributed by atoms with Crippen molar-refractivity contribution in [3.8, 4) is 5.75 Å². The lowest BCUT2D eigenvalue weighted by atomic mass is 10.2. The maximum absolute atomic E-state index is 12.2. The van der Waals surface area contributed by atoms with Crippen molar-refractivity contribution < 1.29 is 14.3 Å². The normalized spacial score (nSPS) is 13.9. The molecule has 0 unspecified atom stereocenters. The van der Waals surface area contributed by atoms with Crippen LogP contribution in [0.4, 0.5) is 16.2 Å². The summed E-state index contributed by atoms with van der Waals surface area (Å²) >= 11 is 11.9. The molecular formula is C19H21Cl2N3O3. The summed E-state index contributed by atoms with van der Waals surface area (Å²) in [7, 11) is 0. The van der Waals surface area contributed by atoms with Crippen LogP contribution in [0.15, 0.2) is 42.5 Å². The second kappa shape index (κ2) is 9.69. The predicted molar refractivity (Wildman–Crippen MR) is 108 cm³/mol. The molecule has 144 valence electrons. The molecular weight excluding hydrogens is 389 g/mol. The SMILES string of the molecule is O=C(NCCOc1ccc(Cl)cc1)Nc1cc(Cl)ccc1N1CCOCC1. The zero-order chi connectivity index (χ0) is 19.1. The molecule has 1 saturated heterocycles. The number of hydrogen-bond donors (Lipinski definition) is 2. The van der Waals surface area contributed by atoms with Crippen molar-refractivity contribution in [1.29, 1.82) is 0 Å². The van der Waals surface area contributed by atoms with E-state index in [1.807, 2.05) is 12.1 Å². The smallest absolute Gasteiger partial charge is 0.319 e. The zero-order valence-electron chi connectivity index (χ0n) is 14.7. The third kappa shape index (κ3) is 5.92. The molecule has 2 aromatic rings. The lowest BCUT2D eigenvalue weighted by molar-refractivity contribution is 0.123. The highest BCUT2D eigenvalue weighted by Crippen LogP contribution is 2.29. The molecule has 27 heavy (non-hydrogen) atoms. The first kappa shape index (κ1) is 19.6. The highest BCUT2D eigenvalue weighted by molar-refractivity contribution is 6.31. The van der Waals surface area contributed by atoms with Crippen LogP contribution < -0.4 is 20.3 Å². The average molecular weight is 410 g/mol. The highest BCUT2D eigenvalue weighted by atomic mass is 35.5. The molecule has 2 aromatic carbocycles. The molecule has 1 heterocycles. The Balaban J connectivity index is 1.51. The molecule has 0 spiro atoms. The van der Waals surface area contributed by atoms with E-state index in [2.05, 4.69) is 15.5 Å². The van der Waals surface area contributed by atoms with Gasteiger partial charge >= 0.3 is 6.03 Å². The van der Waals surface area contributed by atoms with Gasteiger partial charge in [-0.15, -0.1) is 0 Å². The molecule has 0 atom stereocenters. The summed E-state index contributed by atoms with van der Waals surface area (Å²) in [5.74, 6) is 0.700. The van der Waals surface area contributed by atoms with E-state index < -0.39 is 0 Å². The van der Waals surface area contributed by atoms with E-state index in [9.17, 15) is 4.79 Å². The van der Waals surface area contributed by atoms with Crippen molar-refractivity contribution in [3.05, 3.63) is 52.5 Å². The Morgan fingerprint density at radius 3 is 2.52 bits per heavy atom. The van der Waals surface area contributed by atoms with Crippen molar-refractivity contribution in [2.75, 3.05) is 49.7 Å². The first-order valence-corrected chi connectivity index (χ1v) is 9.43. The van der Waals surface area contributed by atoms with Gasteiger partial charge in [0.25, 0.3) is 0 Å². The number of nitrogens with zero attached hydrogens (tertiary/aromatic N) is 1. The number of morpholine rings is 1. The van der Waals surface area contributed by atoms with Crippen LogP contribution in [0.1, 0.15) is 0 Å². The van der Waals surface area contributed by atoms with Crippen molar-refractivity contribution in [2.24, 2.45) is 0 Å². The van der Waals surface area contributed by atoms with Gasteiger partial charge in [0.2, 0.25) is 0 Å². The summed E-state index contributed by atoms with van der Waals surface area (Å²) < 4.78 is 10.9. The summed E-state index contributed by atoms with van der Waals surface area (Å²) in [6, 6.07) is 12.2. The maximum atomic E-state index is 12.2. The molecule has 0 saturated carbocycles. The molecule has 0 bridgehead atoms. The van der Waals surface area contributed by atoms with Gasteiger partial charge in [-0.1, -0.05) is 23.2 Å². The fourth-order valence-corrected chi connectivity index (χ4v) is 3.02. The number of nitrogens with one attached hydrogen (secondary N) is 2. The molecule has 1 aliphatic heterocycles. The lowest BCUT2D eigenvalue weighted by Crippen LogP contribution is -2.37. The van der Waals surface area contributed by atoms with Crippen LogP contribution in [0, 0.1) is 0 Å². The fraction of sp³-hybridized carbons (Fsp3) is 0.316. The molecule has 3 rings (SSSR count). The molecule has 1 fully saturated rings. The molecule has 8 heteroatoms. The Kier molecular flexibility index (Phi) is 7.04. The molecule has 2 N–H and O–H groups in total. The number of rotatable bonds is 6. The van der Waals surface area contributed by atoms with Crippen molar-refractivity contribution >= 4 is 40.6 Å². The predicted octanol–water partition coefficient (Wildman–Crippen LogP) is 4.03. The Bertz CT molecular complexity index is 765. The van der Waals surface area contributed by atoms with Gasteiger partial charge in [-0.2, -0.15) is 0 Å². The summed E-state index contributed by atoms with van der Waals surface area (Å²) in [5.41, 5.74) is 1.59. The molecule has 6 nitrogen and oxygen atoms in total. The van der Waals surface area contributed by atoms with Gasteiger partial charge in [-0.25, -0.2) is 4.79 Å². The van der Waals surface area contributed by atoms with Crippen LogP contribution in [0.25, 0.3) is 0 Å². The fourth-order valence-electron chi connectivity index (χ4n) is 2.72. The number of halogens is 2. The lowest BCUT2D eigenvalue weighted by Gasteiger charge is -2.30. The van der Waals surface area contributed by atoms with E-state index in [1.54, 1.807) is 30.3 Å². The minimum Gasteiger partial charge on any atom is -0.492 e. The summed E-state index contributed by atoms with van der Waals surface area (Å²) in [4.78, 5) is 14.4. The summed E-state index contributed by atoms with van der Waals surface area (Å²) in [5, 5.41) is 6.85. The van der Waals surface area contributed by atoms with E-state index >= 15 is 0 Å². The molecule has 0 radical (unpaired) electrons. The first-order valence-electron chi connectivity index (χ1n) is 8.67. The van der Waals surface area contributed by atoms with E-state index in [-0.39, 0.29) is 6.03 Å². The van der Waals surface area contributed by atoms with E-state index in [0.717, 1.165) is 18.8 Å². The van der Waals surface area contributed by atoms with Crippen LogP contribution in [0.3, 0.4) is 0 Å². The van der Waals surface area contributed by atoms with Gasteiger partial charge in [0.05, 0.1) is 31.1 Å². The van der Waals surface area contributed by atoms with Crippen molar-refractivity contribution in [2.45, 2.75) is 0 Å². The number of anilines is 2. The van der Waals surface area contributed by atoms with Gasteiger partial charge in [-0.05, 0) is 42.5 Å². The Morgan fingerprint density at radius 1 is 1.07 bits per heavy atom. The summed E-state index contributed by atoms with van der Waals surface area (Å²) in [6.07, 6.45) is 0. The van der Waals surface area contributed by atoms with Gasteiger partial charge in [0.15, 0.2) is 0 Å². The van der Waals surface area contributed by atoms with Crippen molar-refractivity contribution in [3.63, 3.8) is 0 Å². The van der Waals surface area contributed by atoms with Crippen LogP contribution >= 0.6 is 23.2 Å². The quantitative estimate of drug-likeness (QED) is 0.706.